The lowest BCUT2D eigenvalue weighted by Crippen LogP contribution is -2.53. The molecule has 2 rings (SSSR count). The molecule has 0 aliphatic carbocycles. The molecular weight excluding hydrogens is 169 g/mol. The van der Waals surface area contributed by atoms with E-state index >= 15 is 0 Å². The van der Waals surface area contributed by atoms with Gasteiger partial charge in [-0.1, -0.05) is 13.8 Å². The first-order valence-corrected chi connectivity index (χ1v) is 4.30. The van der Waals surface area contributed by atoms with E-state index in [1.54, 1.807) is 0 Å². The average molecular weight is 181 g/mol. The van der Waals surface area contributed by atoms with Crippen molar-refractivity contribution in [3.05, 3.63) is 18.3 Å². The molecule has 70 valence electrons. The van der Waals surface area contributed by atoms with Gasteiger partial charge in [-0.15, -0.1) is 0 Å². The standard InChI is InChI=1S/C9H12FN3/c1-9(2)5-13(6-9)8-7(10)11-3-4-12-8/h3-4H,5-6H2,1-2H3. The van der Waals surface area contributed by atoms with Gasteiger partial charge in [-0.05, 0) is 5.41 Å². The zero-order chi connectivity index (χ0) is 9.47. The molecule has 3 nitrogen and oxygen atoms in total. The van der Waals surface area contributed by atoms with Crippen LogP contribution in [0.15, 0.2) is 12.4 Å². The molecule has 1 fully saturated rings. The van der Waals surface area contributed by atoms with Crippen molar-refractivity contribution in [2.75, 3.05) is 18.0 Å². The minimum atomic E-state index is -0.474. The van der Waals surface area contributed by atoms with Crippen molar-refractivity contribution in [3.63, 3.8) is 0 Å². The van der Waals surface area contributed by atoms with E-state index in [4.69, 9.17) is 0 Å². The van der Waals surface area contributed by atoms with Gasteiger partial charge < -0.3 is 4.90 Å². The summed E-state index contributed by atoms with van der Waals surface area (Å²) in [7, 11) is 0. The van der Waals surface area contributed by atoms with Crippen LogP contribution in [0.1, 0.15) is 13.8 Å². The van der Waals surface area contributed by atoms with Crippen molar-refractivity contribution in [2.24, 2.45) is 5.41 Å². The van der Waals surface area contributed by atoms with Crippen molar-refractivity contribution in [1.82, 2.24) is 9.97 Å². The lowest BCUT2D eigenvalue weighted by atomic mass is 9.84. The number of aromatic nitrogens is 2. The highest BCUT2D eigenvalue weighted by Crippen LogP contribution is 2.32. The maximum absolute atomic E-state index is 13.1. The summed E-state index contributed by atoms with van der Waals surface area (Å²) in [4.78, 5) is 9.42. The Morgan fingerprint density at radius 3 is 2.46 bits per heavy atom. The number of hydrogen-bond donors (Lipinski definition) is 0. The van der Waals surface area contributed by atoms with Gasteiger partial charge in [-0.2, -0.15) is 4.39 Å². The third-order valence-corrected chi connectivity index (χ3v) is 2.17. The van der Waals surface area contributed by atoms with Crippen LogP contribution in [0.25, 0.3) is 0 Å². The third-order valence-electron chi connectivity index (χ3n) is 2.17. The normalized spacial score (nSPS) is 19.8. The number of rotatable bonds is 1. The Kier molecular flexibility index (Phi) is 1.71. The van der Waals surface area contributed by atoms with Crippen molar-refractivity contribution in [1.29, 1.82) is 0 Å². The van der Waals surface area contributed by atoms with E-state index < -0.39 is 5.95 Å². The number of nitrogens with zero attached hydrogens (tertiary/aromatic N) is 3. The topological polar surface area (TPSA) is 29.0 Å². The van der Waals surface area contributed by atoms with Gasteiger partial charge in [0.25, 0.3) is 5.95 Å². The van der Waals surface area contributed by atoms with Crippen LogP contribution in [0, 0.1) is 11.4 Å². The summed E-state index contributed by atoms with van der Waals surface area (Å²) in [5, 5.41) is 0. The second kappa shape index (κ2) is 2.65. The lowest BCUT2D eigenvalue weighted by Gasteiger charge is -2.46. The van der Waals surface area contributed by atoms with Crippen LogP contribution in [0.4, 0.5) is 10.2 Å². The fourth-order valence-electron chi connectivity index (χ4n) is 1.66. The molecule has 0 radical (unpaired) electrons. The quantitative estimate of drug-likeness (QED) is 0.656. The Morgan fingerprint density at radius 1 is 1.31 bits per heavy atom. The monoisotopic (exact) mass is 181 g/mol. The molecular formula is C9H12FN3. The predicted octanol–water partition coefficient (Wildman–Crippen LogP) is 1.46. The highest BCUT2D eigenvalue weighted by molar-refractivity contribution is 5.41. The summed E-state index contributed by atoms with van der Waals surface area (Å²) in [5.41, 5.74) is 0.282. The van der Waals surface area contributed by atoms with Gasteiger partial charge >= 0.3 is 0 Å². The molecule has 0 aromatic carbocycles. The van der Waals surface area contributed by atoms with E-state index in [1.165, 1.54) is 12.4 Å². The van der Waals surface area contributed by atoms with Crippen molar-refractivity contribution in [2.45, 2.75) is 13.8 Å². The van der Waals surface area contributed by atoms with E-state index in [9.17, 15) is 4.39 Å². The third kappa shape index (κ3) is 1.48. The second-order valence-electron chi connectivity index (χ2n) is 4.19. The highest BCUT2D eigenvalue weighted by atomic mass is 19.1. The van der Waals surface area contributed by atoms with Gasteiger partial charge in [-0.3, -0.25) is 0 Å². The van der Waals surface area contributed by atoms with Crippen LogP contribution >= 0.6 is 0 Å². The summed E-state index contributed by atoms with van der Waals surface area (Å²) < 4.78 is 13.1. The molecule has 1 aliphatic rings. The van der Waals surface area contributed by atoms with Crippen LogP contribution < -0.4 is 4.90 Å². The van der Waals surface area contributed by atoms with E-state index in [0.29, 0.717) is 5.82 Å². The number of hydrogen-bond acceptors (Lipinski definition) is 3. The first-order chi connectivity index (χ1) is 6.08. The van der Waals surface area contributed by atoms with Crippen molar-refractivity contribution in [3.8, 4) is 0 Å². The zero-order valence-electron chi connectivity index (χ0n) is 7.79. The molecule has 0 bridgehead atoms. The fourth-order valence-corrected chi connectivity index (χ4v) is 1.66. The first-order valence-electron chi connectivity index (χ1n) is 4.30. The van der Waals surface area contributed by atoms with Gasteiger partial charge in [0.1, 0.15) is 0 Å². The molecule has 0 spiro atoms. The van der Waals surface area contributed by atoms with Gasteiger partial charge in [0.2, 0.25) is 0 Å². The van der Waals surface area contributed by atoms with Crippen LogP contribution in [0.2, 0.25) is 0 Å². The molecule has 1 saturated heterocycles. The molecule has 0 saturated carbocycles. The minimum absolute atomic E-state index is 0.282. The lowest BCUT2D eigenvalue weighted by molar-refractivity contribution is 0.271. The smallest absolute Gasteiger partial charge is 0.255 e. The Hall–Kier alpha value is -1.19. The largest absolute Gasteiger partial charge is 0.352 e. The number of anilines is 1. The molecule has 13 heavy (non-hydrogen) atoms. The molecule has 0 amide bonds. The van der Waals surface area contributed by atoms with Crippen molar-refractivity contribution < 1.29 is 4.39 Å². The summed E-state index contributed by atoms with van der Waals surface area (Å²) in [6.07, 6.45) is 2.88. The van der Waals surface area contributed by atoms with Gasteiger partial charge in [0.05, 0.1) is 0 Å². The zero-order valence-corrected chi connectivity index (χ0v) is 7.79. The van der Waals surface area contributed by atoms with Crippen molar-refractivity contribution >= 4 is 5.82 Å². The van der Waals surface area contributed by atoms with Crippen LogP contribution in [-0.2, 0) is 0 Å². The van der Waals surface area contributed by atoms with Gasteiger partial charge in [-0.25, -0.2) is 9.97 Å². The SMILES string of the molecule is CC1(C)CN(c2nccnc2F)C1. The highest BCUT2D eigenvalue weighted by Gasteiger charge is 2.36. The second-order valence-corrected chi connectivity index (χ2v) is 4.19. The molecule has 1 aromatic rings. The van der Waals surface area contributed by atoms with Crippen LogP contribution in [0.3, 0.4) is 0 Å². The fraction of sp³-hybridized carbons (Fsp3) is 0.556. The molecule has 2 heterocycles. The number of halogens is 1. The molecule has 0 atom stereocenters. The van der Waals surface area contributed by atoms with E-state index in [2.05, 4.69) is 23.8 Å². The first kappa shape index (κ1) is 8.41. The average Bonchev–Trinajstić information content (AvgIpc) is 2.01. The summed E-state index contributed by atoms with van der Waals surface area (Å²) >= 11 is 0. The van der Waals surface area contributed by atoms with E-state index in [-0.39, 0.29) is 5.41 Å². The molecule has 1 aliphatic heterocycles. The van der Waals surface area contributed by atoms with Gasteiger partial charge in [0, 0.05) is 25.5 Å². The summed E-state index contributed by atoms with van der Waals surface area (Å²) in [6, 6.07) is 0. The Morgan fingerprint density at radius 2 is 1.92 bits per heavy atom. The van der Waals surface area contributed by atoms with Crippen LogP contribution in [0.5, 0.6) is 0 Å². The van der Waals surface area contributed by atoms with Gasteiger partial charge in [0.15, 0.2) is 5.82 Å². The Bertz CT molecular complexity index is 316. The van der Waals surface area contributed by atoms with E-state index in [1.807, 2.05) is 4.90 Å². The Labute approximate surface area is 76.6 Å². The van der Waals surface area contributed by atoms with Crippen LogP contribution in [-0.4, -0.2) is 23.1 Å². The molecule has 4 heteroatoms. The van der Waals surface area contributed by atoms with E-state index in [0.717, 1.165) is 13.1 Å². The predicted molar refractivity (Wildman–Crippen MR) is 48.0 cm³/mol. The summed E-state index contributed by atoms with van der Waals surface area (Å²) in [5.74, 6) is -0.0974. The molecule has 1 aromatic heterocycles. The minimum Gasteiger partial charge on any atom is -0.352 e. The summed E-state index contributed by atoms with van der Waals surface area (Å²) in [6.45, 7) is 6.00. The Balaban J connectivity index is 2.16. The maximum atomic E-state index is 13.1. The molecule has 0 N–H and O–H groups in total. The maximum Gasteiger partial charge on any atom is 0.255 e. The molecule has 0 unspecified atom stereocenters.